The number of nitrogens with one attached hydrogen (secondary N) is 1. The van der Waals surface area contributed by atoms with Crippen LogP contribution in [0.5, 0.6) is 5.88 Å². The van der Waals surface area contributed by atoms with Crippen molar-refractivity contribution in [2.75, 3.05) is 6.61 Å². The highest BCUT2D eigenvalue weighted by Crippen LogP contribution is 2.52. The summed E-state index contributed by atoms with van der Waals surface area (Å²) in [6.07, 6.45) is 7.97. The van der Waals surface area contributed by atoms with E-state index in [4.69, 9.17) is 4.74 Å². The zero-order valence-corrected chi connectivity index (χ0v) is 20.3. The predicted molar refractivity (Wildman–Crippen MR) is 129 cm³/mol. The van der Waals surface area contributed by atoms with Crippen molar-refractivity contribution in [3.8, 4) is 5.88 Å². The largest absolute Gasteiger partial charge is 0.477 e. The van der Waals surface area contributed by atoms with Crippen LogP contribution in [0.1, 0.15) is 63.0 Å². The number of benzene rings is 1. The quantitative estimate of drug-likeness (QED) is 0.512. The Hall–Kier alpha value is -3.00. The second-order valence-electron chi connectivity index (χ2n) is 9.80. The highest BCUT2D eigenvalue weighted by molar-refractivity contribution is 7.90. The molecule has 2 aliphatic rings. The van der Waals surface area contributed by atoms with Gasteiger partial charge in [-0.05, 0) is 73.4 Å². The molecule has 8 heteroatoms. The molecule has 34 heavy (non-hydrogen) atoms. The molecular weight excluding hydrogens is 450 g/mol. The van der Waals surface area contributed by atoms with E-state index in [1.54, 1.807) is 30.5 Å². The summed E-state index contributed by atoms with van der Waals surface area (Å²) in [6.45, 7) is 4.57. The van der Waals surface area contributed by atoms with E-state index < -0.39 is 21.3 Å². The van der Waals surface area contributed by atoms with Gasteiger partial charge in [-0.2, -0.15) is 0 Å². The first-order valence-corrected chi connectivity index (χ1v) is 13.3. The number of rotatable bonds is 8. The molecule has 0 unspecified atom stereocenters. The summed E-state index contributed by atoms with van der Waals surface area (Å²) >= 11 is 0. The lowest BCUT2D eigenvalue weighted by atomic mass is 9.79. The van der Waals surface area contributed by atoms with Crippen LogP contribution in [0.25, 0.3) is 10.9 Å². The number of fused-ring (bicyclic) bond motifs is 1. The minimum absolute atomic E-state index is 0.0416. The molecule has 2 heterocycles. The molecule has 3 aromatic rings. The molecule has 2 saturated carbocycles. The van der Waals surface area contributed by atoms with E-state index in [2.05, 4.69) is 14.7 Å². The Morgan fingerprint density at radius 1 is 1.18 bits per heavy atom. The first kappa shape index (κ1) is 22.8. The third-order valence-corrected chi connectivity index (χ3v) is 8.21. The maximum atomic E-state index is 13.5. The van der Waals surface area contributed by atoms with Crippen molar-refractivity contribution >= 4 is 26.8 Å². The van der Waals surface area contributed by atoms with Crippen molar-refractivity contribution in [1.29, 1.82) is 0 Å². The van der Waals surface area contributed by atoms with E-state index in [1.165, 1.54) is 12.5 Å². The van der Waals surface area contributed by atoms with Crippen LogP contribution < -0.4 is 9.46 Å². The summed E-state index contributed by atoms with van der Waals surface area (Å²) in [5, 5.41) is 0.477. The maximum Gasteiger partial charge on any atom is 0.264 e. The van der Waals surface area contributed by atoms with Crippen LogP contribution in [0.2, 0.25) is 0 Å². The van der Waals surface area contributed by atoms with Gasteiger partial charge in [0.25, 0.3) is 10.0 Å². The van der Waals surface area contributed by atoms with Crippen LogP contribution in [-0.2, 0) is 20.2 Å². The molecule has 2 aromatic heterocycles. The van der Waals surface area contributed by atoms with Gasteiger partial charge in [-0.25, -0.2) is 18.1 Å². The molecule has 178 valence electrons. The topological polar surface area (TPSA) is 98.2 Å². The van der Waals surface area contributed by atoms with E-state index in [0.29, 0.717) is 53.6 Å². The van der Waals surface area contributed by atoms with Gasteiger partial charge in [0.05, 0.1) is 22.4 Å². The van der Waals surface area contributed by atoms with Crippen LogP contribution in [0.3, 0.4) is 0 Å². The Bertz CT molecular complexity index is 1340. The Morgan fingerprint density at radius 3 is 2.65 bits per heavy atom. The van der Waals surface area contributed by atoms with Crippen molar-refractivity contribution in [1.82, 2.24) is 14.7 Å². The van der Waals surface area contributed by atoms with Crippen molar-refractivity contribution in [2.45, 2.75) is 62.2 Å². The lowest BCUT2D eigenvalue weighted by Crippen LogP contribution is -2.39. The van der Waals surface area contributed by atoms with E-state index in [9.17, 15) is 13.2 Å². The minimum atomic E-state index is -4.10. The van der Waals surface area contributed by atoms with Gasteiger partial charge in [0.15, 0.2) is 0 Å². The summed E-state index contributed by atoms with van der Waals surface area (Å²) in [7, 11) is -4.10. The molecule has 0 aliphatic heterocycles. The summed E-state index contributed by atoms with van der Waals surface area (Å²) in [5.41, 5.74) is 1.40. The number of amides is 1. The number of sulfonamides is 1. The number of carbonyl (C=O) groups is 1. The van der Waals surface area contributed by atoms with Crippen LogP contribution in [-0.4, -0.2) is 30.9 Å². The van der Waals surface area contributed by atoms with Crippen LogP contribution in [0.4, 0.5) is 0 Å². The Balaban J connectivity index is 1.48. The molecule has 1 aromatic carbocycles. The maximum absolute atomic E-state index is 13.5. The molecule has 0 bridgehead atoms. The second-order valence-corrected chi connectivity index (χ2v) is 11.4. The van der Waals surface area contributed by atoms with Crippen molar-refractivity contribution < 1.29 is 17.9 Å². The SMILES string of the molecule is CC(C)COc1ncc(C2CCC2)cc1C1(C(=O)NS(=O)(=O)c2cccc3ncccc23)CC1. The lowest BCUT2D eigenvalue weighted by Gasteiger charge is -2.27. The molecule has 7 nitrogen and oxygen atoms in total. The van der Waals surface area contributed by atoms with Gasteiger partial charge in [-0.1, -0.05) is 26.3 Å². The molecule has 0 saturated heterocycles. The third kappa shape index (κ3) is 4.15. The van der Waals surface area contributed by atoms with E-state index >= 15 is 0 Å². The monoisotopic (exact) mass is 479 g/mol. The van der Waals surface area contributed by atoms with Crippen molar-refractivity contribution in [3.63, 3.8) is 0 Å². The molecule has 2 fully saturated rings. The number of hydrogen-bond donors (Lipinski definition) is 1. The minimum Gasteiger partial charge on any atom is -0.477 e. The average molecular weight is 480 g/mol. The fraction of sp³-hybridized carbons (Fsp3) is 0.423. The molecule has 0 atom stereocenters. The van der Waals surface area contributed by atoms with E-state index in [1.807, 2.05) is 26.1 Å². The standard InChI is InChI=1S/C26H29N3O4S/c1-17(2)16-33-24-21(14-19(15-28-24)18-6-3-7-18)26(11-12-26)25(30)29-34(31,32)23-10-4-9-22-20(23)8-5-13-27-22/h4-5,8-10,13-15,17-18H,3,6-7,11-12,16H2,1-2H3,(H,29,30). The summed E-state index contributed by atoms with van der Waals surface area (Å²) in [5.74, 6) is 0.632. The summed E-state index contributed by atoms with van der Waals surface area (Å²) < 4.78 is 34.9. The van der Waals surface area contributed by atoms with Crippen LogP contribution in [0, 0.1) is 5.92 Å². The molecule has 0 radical (unpaired) electrons. The summed E-state index contributed by atoms with van der Waals surface area (Å²) in [6, 6.07) is 10.3. The normalized spacial score (nSPS) is 17.4. The number of hydrogen-bond acceptors (Lipinski definition) is 6. The van der Waals surface area contributed by atoms with Gasteiger partial charge < -0.3 is 4.74 Å². The number of carbonyl (C=O) groups excluding carboxylic acids is 1. The number of ether oxygens (including phenoxy) is 1. The molecular formula is C26H29N3O4S. The predicted octanol–water partition coefficient (Wildman–Crippen LogP) is 4.47. The van der Waals surface area contributed by atoms with Gasteiger partial charge in [0.1, 0.15) is 0 Å². The number of nitrogens with zero attached hydrogens (tertiary/aromatic N) is 2. The fourth-order valence-corrected chi connectivity index (χ4v) is 5.73. The van der Waals surface area contributed by atoms with Crippen molar-refractivity contribution in [2.24, 2.45) is 5.92 Å². The van der Waals surface area contributed by atoms with Gasteiger partial charge >= 0.3 is 0 Å². The second kappa shape index (κ2) is 8.65. The van der Waals surface area contributed by atoms with Gasteiger partial charge in [-0.3, -0.25) is 9.78 Å². The highest BCUT2D eigenvalue weighted by atomic mass is 32.2. The van der Waals surface area contributed by atoms with Crippen molar-refractivity contribution in [3.05, 3.63) is 59.9 Å². The molecule has 1 amide bonds. The highest BCUT2D eigenvalue weighted by Gasteiger charge is 2.54. The fourth-order valence-electron chi connectivity index (χ4n) is 4.46. The van der Waals surface area contributed by atoms with Gasteiger partial charge in [0.2, 0.25) is 11.8 Å². The Labute approximate surface area is 200 Å². The smallest absolute Gasteiger partial charge is 0.264 e. The van der Waals surface area contributed by atoms with Crippen LogP contribution in [0.15, 0.2) is 53.7 Å². The summed E-state index contributed by atoms with van der Waals surface area (Å²) in [4.78, 5) is 22.4. The van der Waals surface area contributed by atoms with E-state index in [-0.39, 0.29) is 4.90 Å². The zero-order valence-electron chi connectivity index (χ0n) is 19.5. The lowest BCUT2D eigenvalue weighted by molar-refractivity contribution is -0.121. The molecule has 2 aliphatic carbocycles. The molecule has 1 N–H and O–H groups in total. The molecule has 5 rings (SSSR count). The number of aromatic nitrogens is 2. The molecule has 0 spiro atoms. The first-order valence-electron chi connectivity index (χ1n) is 11.8. The Morgan fingerprint density at radius 2 is 1.97 bits per heavy atom. The van der Waals surface area contributed by atoms with Crippen LogP contribution >= 0.6 is 0 Å². The van der Waals surface area contributed by atoms with E-state index in [0.717, 1.165) is 18.4 Å². The average Bonchev–Trinajstić information content (AvgIpc) is 3.58. The number of pyridine rings is 2. The first-order chi connectivity index (χ1) is 16.3. The Kier molecular flexibility index (Phi) is 5.80. The zero-order chi connectivity index (χ0) is 23.9. The van der Waals surface area contributed by atoms with Gasteiger partial charge in [-0.15, -0.1) is 0 Å². The third-order valence-electron chi connectivity index (χ3n) is 6.82. The van der Waals surface area contributed by atoms with Gasteiger partial charge in [0, 0.05) is 23.3 Å².